The van der Waals surface area contributed by atoms with Crippen LogP contribution in [0.4, 0.5) is 0 Å². The van der Waals surface area contributed by atoms with Gasteiger partial charge in [0.25, 0.3) is 0 Å². The van der Waals surface area contributed by atoms with Gasteiger partial charge >= 0.3 is 0 Å². The van der Waals surface area contributed by atoms with Gasteiger partial charge in [0, 0.05) is 18.0 Å². The standard InChI is InChI=1S/C13H20BrNOS/c1-16-13(7-3-2-4-8-13)11(15)9-10-5-6-12(14)17-10/h5-6,11H,2-4,7-9,15H2,1H3. The molecule has 0 aromatic carbocycles. The van der Waals surface area contributed by atoms with E-state index < -0.39 is 0 Å². The van der Waals surface area contributed by atoms with Crippen molar-refractivity contribution < 1.29 is 4.74 Å². The minimum atomic E-state index is -0.0886. The average molecular weight is 318 g/mol. The van der Waals surface area contributed by atoms with E-state index in [9.17, 15) is 0 Å². The summed E-state index contributed by atoms with van der Waals surface area (Å²) in [5, 5.41) is 0. The molecule has 1 aromatic heterocycles. The number of halogens is 1. The van der Waals surface area contributed by atoms with Gasteiger partial charge in [0.15, 0.2) is 0 Å². The van der Waals surface area contributed by atoms with E-state index in [0.29, 0.717) is 0 Å². The summed E-state index contributed by atoms with van der Waals surface area (Å²) >= 11 is 5.27. The lowest BCUT2D eigenvalue weighted by Crippen LogP contribution is -2.51. The Morgan fingerprint density at radius 3 is 2.65 bits per heavy atom. The second-order valence-electron chi connectivity index (χ2n) is 4.85. The predicted molar refractivity (Wildman–Crippen MR) is 76.5 cm³/mol. The SMILES string of the molecule is COC1(C(N)Cc2ccc(Br)s2)CCCCC1. The van der Waals surface area contributed by atoms with Crippen LogP contribution in [0.5, 0.6) is 0 Å². The van der Waals surface area contributed by atoms with Crippen LogP contribution in [0, 0.1) is 0 Å². The van der Waals surface area contributed by atoms with Gasteiger partial charge in [0.1, 0.15) is 0 Å². The maximum atomic E-state index is 6.40. The monoisotopic (exact) mass is 317 g/mol. The number of nitrogens with two attached hydrogens (primary N) is 1. The van der Waals surface area contributed by atoms with E-state index in [4.69, 9.17) is 10.5 Å². The highest BCUT2D eigenvalue weighted by molar-refractivity contribution is 9.11. The fraction of sp³-hybridized carbons (Fsp3) is 0.692. The van der Waals surface area contributed by atoms with Gasteiger partial charge in [0.2, 0.25) is 0 Å². The summed E-state index contributed by atoms with van der Waals surface area (Å²) in [6.07, 6.45) is 6.95. The first-order valence-corrected chi connectivity index (χ1v) is 7.82. The molecule has 1 atom stereocenters. The van der Waals surface area contributed by atoms with Crippen LogP contribution in [0.15, 0.2) is 15.9 Å². The summed E-state index contributed by atoms with van der Waals surface area (Å²) < 4.78 is 6.96. The van der Waals surface area contributed by atoms with E-state index in [2.05, 4.69) is 28.1 Å². The molecule has 2 N–H and O–H groups in total. The normalized spacial score (nSPS) is 21.4. The van der Waals surface area contributed by atoms with Crippen LogP contribution in [0.3, 0.4) is 0 Å². The lowest BCUT2D eigenvalue weighted by molar-refractivity contribution is -0.0581. The molecule has 0 spiro atoms. The number of hydrogen-bond acceptors (Lipinski definition) is 3. The van der Waals surface area contributed by atoms with Gasteiger partial charge in [-0.25, -0.2) is 0 Å². The molecule has 0 radical (unpaired) electrons. The molecular formula is C13H20BrNOS. The largest absolute Gasteiger partial charge is 0.377 e. The molecule has 1 heterocycles. The van der Waals surface area contributed by atoms with Crippen molar-refractivity contribution in [2.45, 2.75) is 50.2 Å². The fourth-order valence-electron chi connectivity index (χ4n) is 2.74. The van der Waals surface area contributed by atoms with Crippen LogP contribution in [-0.2, 0) is 11.2 Å². The fourth-order valence-corrected chi connectivity index (χ4v) is 4.28. The van der Waals surface area contributed by atoms with Gasteiger partial charge in [-0.3, -0.25) is 0 Å². The maximum absolute atomic E-state index is 6.40. The summed E-state index contributed by atoms with van der Waals surface area (Å²) in [7, 11) is 1.81. The second kappa shape index (κ2) is 5.83. The summed E-state index contributed by atoms with van der Waals surface area (Å²) in [6.45, 7) is 0. The van der Waals surface area contributed by atoms with Crippen LogP contribution >= 0.6 is 27.3 Å². The Kier molecular flexibility index (Phi) is 4.64. The van der Waals surface area contributed by atoms with Gasteiger partial charge in [-0.15, -0.1) is 11.3 Å². The van der Waals surface area contributed by atoms with E-state index in [1.807, 2.05) is 7.11 Å². The molecule has 0 amide bonds. The molecular weight excluding hydrogens is 298 g/mol. The molecule has 96 valence electrons. The molecule has 0 aliphatic heterocycles. The van der Waals surface area contributed by atoms with E-state index in [-0.39, 0.29) is 11.6 Å². The van der Waals surface area contributed by atoms with Crippen molar-refractivity contribution in [1.29, 1.82) is 0 Å². The first kappa shape index (κ1) is 13.5. The quantitative estimate of drug-likeness (QED) is 0.918. The number of ether oxygens (including phenoxy) is 1. The zero-order chi connectivity index (χ0) is 12.3. The maximum Gasteiger partial charge on any atom is 0.0832 e. The third kappa shape index (κ3) is 3.11. The third-order valence-electron chi connectivity index (χ3n) is 3.83. The molecule has 2 rings (SSSR count). The Balaban J connectivity index is 2.04. The minimum Gasteiger partial charge on any atom is -0.377 e. The first-order chi connectivity index (χ1) is 8.16. The summed E-state index contributed by atoms with van der Waals surface area (Å²) in [4.78, 5) is 1.34. The van der Waals surface area contributed by atoms with Crippen molar-refractivity contribution in [3.63, 3.8) is 0 Å². The molecule has 1 unspecified atom stereocenters. The molecule has 1 aromatic rings. The first-order valence-electron chi connectivity index (χ1n) is 6.21. The number of hydrogen-bond donors (Lipinski definition) is 1. The van der Waals surface area contributed by atoms with Crippen molar-refractivity contribution in [3.05, 3.63) is 20.8 Å². The zero-order valence-corrected chi connectivity index (χ0v) is 12.6. The van der Waals surface area contributed by atoms with Gasteiger partial charge in [-0.2, -0.15) is 0 Å². The van der Waals surface area contributed by atoms with Crippen LogP contribution in [0.1, 0.15) is 37.0 Å². The Bertz CT molecular complexity index is 360. The number of methoxy groups -OCH3 is 1. The van der Waals surface area contributed by atoms with Gasteiger partial charge in [0.05, 0.1) is 9.39 Å². The van der Waals surface area contributed by atoms with Crippen LogP contribution in [-0.4, -0.2) is 18.8 Å². The summed E-state index contributed by atoms with van der Waals surface area (Å²) in [5.74, 6) is 0. The molecule has 1 saturated carbocycles. The van der Waals surface area contributed by atoms with E-state index in [0.717, 1.165) is 19.3 Å². The average Bonchev–Trinajstić information content (AvgIpc) is 2.75. The van der Waals surface area contributed by atoms with E-state index in [1.54, 1.807) is 11.3 Å². The Morgan fingerprint density at radius 1 is 1.41 bits per heavy atom. The molecule has 17 heavy (non-hydrogen) atoms. The van der Waals surface area contributed by atoms with Crippen molar-refractivity contribution in [2.24, 2.45) is 5.73 Å². The van der Waals surface area contributed by atoms with Gasteiger partial charge in [-0.1, -0.05) is 19.3 Å². The van der Waals surface area contributed by atoms with Gasteiger partial charge in [-0.05, 0) is 47.3 Å². The topological polar surface area (TPSA) is 35.2 Å². The second-order valence-corrected chi connectivity index (χ2v) is 7.39. The summed E-state index contributed by atoms with van der Waals surface area (Å²) in [6, 6.07) is 4.35. The van der Waals surface area contributed by atoms with Crippen molar-refractivity contribution in [2.75, 3.05) is 7.11 Å². The Labute approximate surface area is 116 Å². The molecule has 0 saturated heterocycles. The number of rotatable bonds is 4. The van der Waals surface area contributed by atoms with Crippen LogP contribution < -0.4 is 5.73 Å². The van der Waals surface area contributed by atoms with E-state index in [1.165, 1.54) is 27.9 Å². The molecule has 1 aliphatic rings. The predicted octanol–water partition coefficient (Wildman–Crippen LogP) is 3.73. The van der Waals surface area contributed by atoms with Crippen molar-refractivity contribution in [1.82, 2.24) is 0 Å². The number of thiophene rings is 1. The Hall–Kier alpha value is 0.1000. The minimum absolute atomic E-state index is 0.0886. The van der Waals surface area contributed by atoms with Crippen LogP contribution in [0.2, 0.25) is 0 Å². The highest BCUT2D eigenvalue weighted by Crippen LogP contribution is 2.35. The lowest BCUT2D eigenvalue weighted by atomic mass is 9.78. The lowest BCUT2D eigenvalue weighted by Gasteiger charge is -2.40. The van der Waals surface area contributed by atoms with E-state index >= 15 is 0 Å². The summed E-state index contributed by atoms with van der Waals surface area (Å²) in [5.41, 5.74) is 6.31. The highest BCUT2D eigenvalue weighted by atomic mass is 79.9. The van der Waals surface area contributed by atoms with Crippen molar-refractivity contribution >= 4 is 27.3 Å². The molecule has 0 bridgehead atoms. The molecule has 1 aliphatic carbocycles. The van der Waals surface area contributed by atoms with Crippen molar-refractivity contribution in [3.8, 4) is 0 Å². The molecule has 1 fully saturated rings. The zero-order valence-electron chi connectivity index (χ0n) is 10.2. The smallest absolute Gasteiger partial charge is 0.0832 e. The Morgan fingerprint density at radius 2 is 2.12 bits per heavy atom. The molecule has 2 nitrogen and oxygen atoms in total. The van der Waals surface area contributed by atoms with Crippen LogP contribution in [0.25, 0.3) is 0 Å². The highest BCUT2D eigenvalue weighted by Gasteiger charge is 2.38. The third-order valence-corrected chi connectivity index (χ3v) is 5.48. The van der Waals surface area contributed by atoms with Gasteiger partial charge < -0.3 is 10.5 Å². The molecule has 4 heteroatoms.